The summed E-state index contributed by atoms with van der Waals surface area (Å²) in [4.78, 5) is 19.2. The fraction of sp³-hybridized carbons (Fsp3) is 0.625. The molecule has 1 atom stereocenters. The zero-order valence-corrected chi connectivity index (χ0v) is 12.6. The number of rotatable bonds is 5. The number of piperidine rings is 1. The number of carbonyl (C=O) groups is 1. The van der Waals surface area contributed by atoms with Crippen molar-refractivity contribution in [2.24, 2.45) is 5.41 Å². The van der Waals surface area contributed by atoms with Gasteiger partial charge in [0.25, 0.3) is 0 Å². The Kier molecular flexibility index (Phi) is 5.12. The number of amides is 1. The van der Waals surface area contributed by atoms with Crippen molar-refractivity contribution in [3.05, 3.63) is 30.1 Å². The number of pyridine rings is 1. The summed E-state index contributed by atoms with van der Waals surface area (Å²) in [5.41, 5.74) is 0.737. The summed E-state index contributed by atoms with van der Waals surface area (Å²) >= 11 is 0. The van der Waals surface area contributed by atoms with E-state index in [2.05, 4.69) is 17.2 Å². The predicted octanol–water partition coefficient (Wildman–Crippen LogP) is 2.21. The number of hydrogen-bond acceptors (Lipinski definition) is 3. The van der Waals surface area contributed by atoms with Crippen LogP contribution in [0.2, 0.25) is 0 Å². The Balaban J connectivity index is 2.11. The maximum atomic E-state index is 12.9. The molecular formula is C16H25N3O. The summed E-state index contributed by atoms with van der Waals surface area (Å²) in [6, 6.07) is 5.85. The molecule has 1 aromatic rings. The quantitative estimate of drug-likeness (QED) is 0.896. The van der Waals surface area contributed by atoms with Gasteiger partial charge in [0.15, 0.2) is 0 Å². The summed E-state index contributed by atoms with van der Waals surface area (Å²) in [6.07, 6.45) is 4.76. The van der Waals surface area contributed by atoms with Crippen molar-refractivity contribution in [3.8, 4) is 0 Å². The van der Waals surface area contributed by atoms with Gasteiger partial charge in [-0.05, 0) is 44.9 Å². The van der Waals surface area contributed by atoms with E-state index in [1.165, 1.54) is 0 Å². The van der Waals surface area contributed by atoms with Crippen molar-refractivity contribution in [1.82, 2.24) is 15.2 Å². The van der Waals surface area contributed by atoms with Crippen LogP contribution in [0.15, 0.2) is 24.4 Å². The van der Waals surface area contributed by atoms with E-state index >= 15 is 0 Å². The standard InChI is InChI=1S/C16H25N3O/c1-3-16(9-7-10-17-13-16)15(20)19(4-2)12-14-8-5-6-11-18-14/h5-6,8,11,17H,3-4,7,9-10,12-13H2,1-2H3. The van der Waals surface area contributed by atoms with Crippen molar-refractivity contribution in [3.63, 3.8) is 0 Å². The van der Waals surface area contributed by atoms with E-state index < -0.39 is 0 Å². The number of hydrogen-bond donors (Lipinski definition) is 1. The first kappa shape index (κ1) is 15.0. The van der Waals surface area contributed by atoms with Gasteiger partial charge in [-0.2, -0.15) is 0 Å². The molecule has 0 bridgehead atoms. The number of aromatic nitrogens is 1. The highest BCUT2D eigenvalue weighted by atomic mass is 16.2. The second kappa shape index (κ2) is 6.84. The van der Waals surface area contributed by atoms with Crippen LogP contribution in [-0.2, 0) is 11.3 Å². The molecule has 4 heteroatoms. The molecule has 2 rings (SSSR count). The van der Waals surface area contributed by atoms with Gasteiger partial charge in [0.2, 0.25) is 5.91 Å². The molecule has 0 aliphatic carbocycles. The summed E-state index contributed by atoms with van der Waals surface area (Å²) < 4.78 is 0. The Morgan fingerprint density at radius 3 is 2.85 bits per heavy atom. The van der Waals surface area contributed by atoms with E-state index in [1.807, 2.05) is 30.0 Å². The average Bonchev–Trinajstić information content (AvgIpc) is 2.53. The van der Waals surface area contributed by atoms with Crippen molar-refractivity contribution in [2.75, 3.05) is 19.6 Å². The third kappa shape index (κ3) is 3.18. The molecule has 1 N–H and O–H groups in total. The molecule has 4 nitrogen and oxygen atoms in total. The van der Waals surface area contributed by atoms with Crippen LogP contribution in [0.4, 0.5) is 0 Å². The summed E-state index contributed by atoms with van der Waals surface area (Å²) in [7, 11) is 0. The Labute approximate surface area is 121 Å². The first-order chi connectivity index (χ1) is 9.72. The third-order valence-electron chi connectivity index (χ3n) is 4.35. The van der Waals surface area contributed by atoms with E-state index in [0.717, 1.165) is 44.6 Å². The predicted molar refractivity (Wildman–Crippen MR) is 80.2 cm³/mol. The van der Waals surface area contributed by atoms with Gasteiger partial charge in [0, 0.05) is 19.3 Å². The normalized spacial score (nSPS) is 22.5. The van der Waals surface area contributed by atoms with Crippen LogP contribution in [0.5, 0.6) is 0 Å². The lowest BCUT2D eigenvalue weighted by molar-refractivity contribution is -0.144. The Bertz CT molecular complexity index is 427. The molecule has 1 aromatic heterocycles. The fourth-order valence-electron chi connectivity index (χ4n) is 2.95. The molecule has 0 spiro atoms. The van der Waals surface area contributed by atoms with Crippen LogP contribution in [-0.4, -0.2) is 35.4 Å². The van der Waals surface area contributed by atoms with Crippen LogP contribution in [0.1, 0.15) is 38.8 Å². The monoisotopic (exact) mass is 275 g/mol. The van der Waals surface area contributed by atoms with E-state index in [-0.39, 0.29) is 11.3 Å². The van der Waals surface area contributed by atoms with E-state index in [4.69, 9.17) is 0 Å². The molecule has 1 saturated heterocycles. The molecule has 0 radical (unpaired) electrons. The molecular weight excluding hydrogens is 250 g/mol. The second-order valence-electron chi connectivity index (χ2n) is 5.55. The van der Waals surface area contributed by atoms with Gasteiger partial charge in [0.05, 0.1) is 17.7 Å². The number of carbonyl (C=O) groups excluding carboxylic acids is 1. The SMILES string of the molecule is CCN(Cc1ccccn1)C(=O)C1(CC)CCCNC1. The van der Waals surface area contributed by atoms with Gasteiger partial charge >= 0.3 is 0 Å². The van der Waals surface area contributed by atoms with Crippen LogP contribution < -0.4 is 5.32 Å². The third-order valence-corrected chi connectivity index (χ3v) is 4.35. The largest absolute Gasteiger partial charge is 0.337 e. The Morgan fingerprint density at radius 1 is 1.45 bits per heavy atom. The number of nitrogens with one attached hydrogen (secondary N) is 1. The van der Waals surface area contributed by atoms with Crippen molar-refractivity contribution < 1.29 is 4.79 Å². The molecule has 110 valence electrons. The van der Waals surface area contributed by atoms with Gasteiger partial charge in [-0.1, -0.05) is 13.0 Å². The van der Waals surface area contributed by atoms with E-state index in [1.54, 1.807) is 6.20 Å². The fourth-order valence-corrected chi connectivity index (χ4v) is 2.95. The molecule has 0 saturated carbocycles. The van der Waals surface area contributed by atoms with Crippen LogP contribution in [0, 0.1) is 5.41 Å². The molecule has 0 aromatic carbocycles. The molecule has 1 unspecified atom stereocenters. The zero-order chi connectivity index (χ0) is 14.4. The smallest absolute Gasteiger partial charge is 0.230 e. The first-order valence-corrected chi connectivity index (χ1v) is 7.62. The van der Waals surface area contributed by atoms with E-state index in [9.17, 15) is 4.79 Å². The molecule has 1 amide bonds. The summed E-state index contributed by atoms with van der Waals surface area (Å²) in [5.74, 6) is 0.278. The van der Waals surface area contributed by atoms with Gasteiger partial charge < -0.3 is 10.2 Å². The minimum atomic E-state index is -0.219. The minimum absolute atomic E-state index is 0.219. The van der Waals surface area contributed by atoms with Crippen molar-refractivity contribution >= 4 is 5.91 Å². The zero-order valence-electron chi connectivity index (χ0n) is 12.6. The van der Waals surface area contributed by atoms with Gasteiger partial charge in [-0.25, -0.2) is 0 Å². The highest BCUT2D eigenvalue weighted by Crippen LogP contribution is 2.32. The Hall–Kier alpha value is -1.42. The van der Waals surface area contributed by atoms with Crippen LogP contribution >= 0.6 is 0 Å². The maximum Gasteiger partial charge on any atom is 0.230 e. The Morgan fingerprint density at radius 2 is 2.30 bits per heavy atom. The average molecular weight is 275 g/mol. The highest BCUT2D eigenvalue weighted by molar-refractivity contribution is 5.83. The summed E-state index contributed by atoms with van der Waals surface area (Å²) in [5, 5.41) is 3.39. The van der Waals surface area contributed by atoms with Crippen molar-refractivity contribution in [2.45, 2.75) is 39.7 Å². The lowest BCUT2D eigenvalue weighted by atomic mass is 9.77. The van der Waals surface area contributed by atoms with Crippen LogP contribution in [0.25, 0.3) is 0 Å². The molecule has 20 heavy (non-hydrogen) atoms. The molecule has 1 fully saturated rings. The first-order valence-electron chi connectivity index (χ1n) is 7.62. The summed E-state index contributed by atoms with van der Waals surface area (Å²) in [6.45, 7) is 7.34. The van der Waals surface area contributed by atoms with E-state index in [0.29, 0.717) is 6.54 Å². The van der Waals surface area contributed by atoms with Crippen LogP contribution in [0.3, 0.4) is 0 Å². The number of nitrogens with zero attached hydrogens (tertiary/aromatic N) is 2. The molecule has 2 heterocycles. The molecule has 1 aliphatic heterocycles. The highest BCUT2D eigenvalue weighted by Gasteiger charge is 2.40. The van der Waals surface area contributed by atoms with Gasteiger partial charge in [-0.15, -0.1) is 0 Å². The van der Waals surface area contributed by atoms with Gasteiger partial charge in [-0.3, -0.25) is 9.78 Å². The lowest BCUT2D eigenvalue weighted by Crippen LogP contribution is -2.51. The topological polar surface area (TPSA) is 45.2 Å². The van der Waals surface area contributed by atoms with Gasteiger partial charge in [0.1, 0.15) is 0 Å². The molecule has 1 aliphatic rings. The van der Waals surface area contributed by atoms with Crippen molar-refractivity contribution in [1.29, 1.82) is 0 Å². The second-order valence-corrected chi connectivity index (χ2v) is 5.55. The minimum Gasteiger partial charge on any atom is -0.337 e. The lowest BCUT2D eigenvalue weighted by Gasteiger charge is -2.39. The maximum absolute atomic E-state index is 12.9.